The third-order valence-electron chi connectivity index (χ3n) is 13.2. The molecule has 5 aromatic rings. The van der Waals surface area contributed by atoms with E-state index in [9.17, 15) is 29.4 Å². The zero-order valence-corrected chi connectivity index (χ0v) is 43.1. The summed E-state index contributed by atoms with van der Waals surface area (Å²) in [4.78, 5) is 43.9. The van der Waals surface area contributed by atoms with Crippen molar-refractivity contribution in [1.29, 1.82) is 0 Å². The molecule has 0 unspecified atom stereocenters. The van der Waals surface area contributed by atoms with Crippen molar-refractivity contribution in [1.82, 2.24) is 16.0 Å². The van der Waals surface area contributed by atoms with Crippen LogP contribution in [0.1, 0.15) is 110 Å². The van der Waals surface area contributed by atoms with Crippen LogP contribution >= 0.6 is 0 Å². The monoisotopic (exact) mass is 1030 g/mol. The maximum Gasteiger partial charge on any atom is 0.488 e. The fourth-order valence-electron chi connectivity index (χ4n) is 8.82. The van der Waals surface area contributed by atoms with E-state index in [1.54, 1.807) is 36.4 Å². The Morgan fingerprint density at radius 2 is 0.803 bits per heavy atom. The smallest absolute Gasteiger partial charge is 0.459 e. The lowest BCUT2D eigenvalue weighted by Crippen LogP contribution is -2.31. The molecular formula is C56H71B4N7O9. The second-order valence-electron chi connectivity index (χ2n) is 19.3. The van der Waals surface area contributed by atoms with Crippen molar-refractivity contribution in [3.8, 4) is 0 Å². The van der Waals surface area contributed by atoms with Crippen LogP contribution in [0.25, 0.3) is 0 Å². The van der Waals surface area contributed by atoms with Crippen LogP contribution < -0.4 is 43.1 Å². The van der Waals surface area contributed by atoms with Crippen LogP contribution in [-0.4, -0.2) is 111 Å². The third-order valence-corrected chi connectivity index (χ3v) is 13.2. The van der Waals surface area contributed by atoms with Gasteiger partial charge in [0.1, 0.15) is 6.10 Å². The van der Waals surface area contributed by atoms with Crippen molar-refractivity contribution < 1.29 is 44.2 Å². The van der Waals surface area contributed by atoms with Gasteiger partial charge in [0.2, 0.25) is 23.5 Å². The summed E-state index contributed by atoms with van der Waals surface area (Å²) in [5.74, 6) is -1.87. The summed E-state index contributed by atoms with van der Waals surface area (Å²) in [5, 5.41) is 54.5. The van der Waals surface area contributed by atoms with E-state index < -0.39 is 24.5 Å². The molecule has 3 amide bonds. The van der Waals surface area contributed by atoms with Crippen molar-refractivity contribution in [2.24, 2.45) is 5.73 Å². The predicted molar refractivity (Wildman–Crippen MR) is 303 cm³/mol. The van der Waals surface area contributed by atoms with Gasteiger partial charge in [-0.3, -0.25) is 14.4 Å². The molecule has 16 nitrogen and oxygen atoms in total. The van der Waals surface area contributed by atoms with E-state index in [0.717, 1.165) is 116 Å². The van der Waals surface area contributed by atoms with E-state index in [-0.39, 0.29) is 24.3 Å². The van der Waals surface area contributed by atoms with Crippen LogP contribution in [-0.2, 0) is 30.9 Å². The van der Waals surface area contributed by atoms with E-state index in [1.165, 1.54) is 0 Å². The Kier molecular flexibility index (Phi) is 26.0. The van der Waals surface area contributed by atoms with Gasteiger partial charge >= 0.3 is 13.1 Å². The molecule has 20 heteroatoms. The number of hydrogen-bond donors (Lipinski definition) is 11. The molecular weight excluding hydrogens is 958 g/mol. The molecule has 0 spiro atoms. The molecule has 0 bridgehead atoms. The molecule has 6 radical (unpaired) electrons. The number of amides is 3. The Balaban J connectivity index is 0.000000194. The van der Waals surface area contributed by atoms with Gasteiger partial charge in [-0.25, -0.2) is 4.79 Å². The minimum atomic E-state index is -1.46. The van der Waals surface area contributed by atoms with Gasteiger partial charge in [0.05, 0.1) is 17.8 Å². The van der Waals surface area contributed by atoms with Crippen LogP contribution in [0.2, 0.25) is 0 Å². The normalized spacial score (nSPS) is 19.6. The van der Waals surface area contributed by atoms with E-state index in [2.05, 4.69) is 56.2 Å². The largest absolute Gasteiger partial charge is 0.488 e. The number of ether oxygens (including phenoxy) is 1. The summed E-state index contributed by atoms with van der Waals surface area (Å²) in [6.45, 7) is 1.80. The first-order valence-corrected chi connectivity index (χ1v) is 26.0. The molecule has 3 aliphatic carbocycles. The second-order valence-corrected chi connectivity index (χ2v) is 19.3. The summed E-state index contributed by atoms with van der Waals surface area (Å²) in [5.41, 5.74) is 13.8. The number of nitrogens with two attached hydrogens (primary N) is 1. The quantitative estimate of drug-likeness (QED) is 0.0399. The minimum absolute atomic E-state index is 0.0157. The first-order chi connectivity index (χ1) is 36.6. The molecule has 3 saturated carbocycles. The highest BCUT2D eigenvalue weighted by molar-refractivity contribution is 6.58. The Morgan fingerprint density at radius 3 is 1.13 bits per heavy atom. The Hall–Kier alpha value is -6.56. The average Bonchev–Trinajstić information content (AvgIpc) is 3.43. The third kappa shape index (κ3) is 23.5. The standard InChI is InChI=1S/C21H23BN2O3.C14H19BN2O2.C13H20N2O.C8H9B2NO3/c22-21(26)23-14-15-6-8-17(9-7-15)24-18-10-12-19(13-11-18)27-20(25)16-4-2-1-3-5-16;15-14(19)16-9-10-1-3-11(4-2-10)17-12-5-7-13(18)8-6-12;14-9-10-1-3-11(4-2-10)15-12-5-7-13(16)8-6-12;9-8(12)11-5-6-1-3-7(4-2-6)10(13)14/h1-9,18-19,24H,10-14H2,(H,23,26);1-4,12-13,17-18H,5-9H2,(H,16,19);1-4,12-13,15-16H,5-9,14H2;1-4,13-14H,5H2,(H,11,12). The van der Waals surface area contributed by atoms with Gasteiger partial charge < -0.3 is 62.6 Å². The lowest BCUT2D eigenvalue weighted by atomic mass is 9.80. The molecule has 8 rings (SSSR count). The van der Waals surface area contributed by atoms with Gasteiger partial charge in [-0.15, -0.1) is 0 Å². The molecule has 0 aliphatic heterocycles. The summed E-state index contributed by atoms with van der Waals surface area (Å²) >= 11 is 0. The van der Waals surface area contributed by atoms with Crippen LogP contribution in [0, 0.1) is 0 Å². The molecule has 3 aliphatic rings. The van der Waals surface area contributed by atoms with E-state index in [4.69, 9.17) is 44.1 Å². The summed E-state index contributed by atoms with van der Waals surface area (Å²) in [7, 11) is 13.5. The van der Waals surface area contributed by atoms with Crippen molar-refractivity contribution in [2.75, 3.05) is 16.0 Å². The Morgan fingerprint density at radius 1 is 0.474 bits per heavy atom. The molecule has 5 aromatic carbocycles. The lowest BCUT2D eigenvalue weighted by Gasteiger charge is -2.29. The average molecular weight is 1030 g/mol. The predicted octanol–water partition coefficient (Wildman–Crippen LogP) is 6.03. The van der Waals surface area contributed by atoms with Crippen LogP contribution in [0.4, 0.5) is 31.4 Å². The number of carbonyl (C=O) groups is 4. The number of rotatable bonds is 16. The highest BCUT2D eigenvalue weighted by Crippen LogP contribution is 2.26. The van der Waals surface area contributed by atoms with Crippen molar-refractivity contribution >= 4 is 76.6 Å². The number of aliphatic hydroxyl groups excluding tert-OH is 2. The van der Waals surface area contributed by atoms with Crippen LogP contribution in [0.15, 0.2) is 127 Å². The molecule has 0 heterocycles. The number of anilines is 3. The van der Waals surface area contributed by atoms with Crippen molar-refractivity contribution in [2.45, 2.75) is 140 Å². The number of carbonyl (C=O) groups excluding carboxylic acids is 4. The van der Waals surface area contributed by atoms with Gasteiger partial charge in [-0.1, -0.05) is 78.9 Å². The fraction of sp³-hybridized carbons (Fsp3) is 0.393. The van der Waals surface area contributed by atoms with Gasteiger partial charge in [-0.2, -0.15) is 0 Å². The number of benzene rings is 5. The molecule has 396 valence electrons. The Labute approximate surface area is 451 Å². The lowest BCUT2D eigenvalue weighted by molar-refractivity contribution is 0.0202. The van der Waals surface area contributed by atoms with Gasteiger partial charge in [0.15, 0.2) is 17.4 Å². The van der Waals surface area contributed by atoms with Crippen LogP contribution in [0.5, 0.6) is 0 Å². The highest BCUT2D eigenvalue weighted by Gasteiger charge is 2.25. The maximum absolute atomic E-state index is 12.1. The van der Waals surface area contributed by atoms with Crippen LogP contribution in [0.3, 0.4) is 0 Å². The molecule has 0 aromatic heterocycles. The maximum atomic E-state index is 12.1. The number of nitrogens with one attached hydrogen (secondary N) is 6. The van der Waals surface area contributed by atoms with E-state index in [0.29, 0.717) is 55.3 Å². The first kappa shape index (κ1) is 60.3. The Bertz CT molecular complexity index is 2480. The van der Waals surface area contributed by atoms with Gasteiger partial charge in [0, 0.05) is 61.4 Å². The molecule has 0 saturated heterocycles. The van der Waals surface area contributed by atoms with Crippen molar-refractivity contribution in [3.05, 3.63) is 155 Å². The van der Waals surface area contributed by atoms with E-state index in [1.807, 2.05) is 66.7 Å². The zero-order valence-electron chi connectivity index (χ0n) is 43.1. The van der Waals surface area contributed by atoms with E-state index >= 15 is 0 Å². The highest BCUT2D eigenvalue weighted by atomic mass is 16.5. The first-order valence-electron chi connectivity index (χ1n) is 26.0. The van der Waals surface area contributed by atoms with Gasteiger partial charge in [0.25, 0.3) is 0 Å². The topological polar surface area (TPSA) is 257 Å². The fourth-order valence-corrected chi connectivity index (χ4v) is 8.82. The number of hydrogen-bond acceptors (Lipinski definition) is 13. The summed E-state index contributed by atoms with van der Waals surface area (Å²) in [6, 6.07) is 41.1. The SMILES string of the molecule is NCc1ccc(NC2CCC(O)CC2)cc1.[B]C(=O)NCc1ccc(B(O)O)cc1.[B]C(=O)NCc1ccc(NC2CCC(O)CC2)cc1.[B]C(=O)NCc1ccc(NC2CCC(OC(=O)c3ccccc3)CC2)cc1. The minimum Gasteiger partial charge on any atom is -0.459 e. The second kappa shape index (κ2) is 32.8. The number of aliphatic hydroxyl groups is 2. The molecule has 12 N–H and O–H groups in total. The molecule has 76 heavy (non-hydrogen) atoms. The number of esters is 1. The summed E-state index contributed by atoms with van der Waals surface area (Å²) < 4.78 is 5.63. The van der Waals surface area contributed by atoms with Gasteiger partial charge in [-0.05, 0) is 153 Å². The van der Waals surface area contributed by atoms with Crippen molar-refractivity contribution in [3.63, 3.8) is 0 Å². The molecule has 0 atom stereocenters. The zero-order chi connectivity index (χ0) is 54.7. The summed E-state index contributed by atoms with van der Waals surface area (Å²) in [6.07, 6.45) is 11.1. The molecule has 3 fully saturated rings.